The first-order valence-electron chi connectivity index (χ1n) is 9.59. The van der Waals surface area contributed by atoms with Crippen molar-refractivity contribution in [2.24, 2.45) is 0 Å². The first-order chi connectivity index (χ1) is 14.5. The van der Waals surface area contributed by atoms with Gasteiger partial charge in [0.05, 0.1) is 31.1 Å². The highest BCUT2D eigenvalue weighted by Crippen LogP contribution is 2.33. The van der Waals surface area contributed by atoms with Gasteiger partial charge in [0.1, 0.15) is 17.0 Å². The van der Waals surface area contributed by atoms with Gasteiger partial charge in [0.2, 0.25) is 0 Å². The van der Waals surface area contributed by atoms with Crippen molar-refractivity contribution < 1.29 is 19.4 Å². The molecule has 1 amide bonds. The number of hydrogen-bond acceptors (Lipinski definition) is 8. The number of methoxy groups -OCH3 is 2. The highest BCUT2D eigenvalue weighted by Gasteiger charge is 2.20. The SMILES string of the molecule is COc1ccc(CCNc2ncnc3sc(C(=O)NC(C)CO)c(C)c23)cc1OC. The lowest BCUT2D eigenvalue weighted by molar-refractivity contribution is 0.0926. The molecule has 0 aliphatic heterocycles. The maximum Gasteiger partial charge on any atom is 0.262 e. The number of hydrogen-bond donors (Lipinski definition) is 3. The van der Waals surface area contributed by atoms with Gasteiger partial charge < -0.3 is 25.2 Å². The normalized spacial score (nSPS) is 11.9. The third-order valence-electron chi connectivity index (χ3n) is 4.74. The summed E-state index contributed by atoms with van der Waals surface area (Å²) in [6.07, 6.45) is 2.26. The van der Waals surface area contributed by atoms with Crippen molar-refractivity contribution >= 4 is 33.3 Å². The second kappa shape index (κ2) is 9.73. The van der Waals surface area contributed by atoms with Crippen LogP contribution >= 0.6 is 11.3 Å². The van der Waals surface area contributed by atoms with E-state index in [1.807, 2.05) is 25.1 Å². The number of carbonyl (C=O) groups excluding carboxylic acids is 1. The standard InChI is InChI=1S/C21H26N4O4S/c1-12(10-26)25-20(27)18-13(2)17-19(23-11-24-21(17)30-18)22-8-7-14-5-6-15(28-3)16(9-14)29-4/h5-6,9,11-12,26H,7-8,10H2,1-4H3,(H,25,27)(H,22,23,24). The topological polar surface area (TPSA) is 106 Å². The second-order valence-electron chi connectivity index (χ2n) is 6.88. The summed E-state index contributed by atoms with van der Waals surface area (Å²) in [6, 6.07) is 5.53. The third-order valence-corrected chi connectivity index (χ3v) is 5.94. The van der Waals surface area contributed by atoms with E-state index < -0.39 is 0 Å². The molecule has 160 valence electrons. The lowest BCUT2D eigenvalue weighted by Crippen LogP contribution is -2.34. The van der Waals surface area contributed by atoms with E-state index in [9.17, 15) is 9.90 Å². The van der Waals surface area contributed by atoms with Crippen LogP contribution in [-0.2, 0) is 6.42 Å². The lowest BCUT2D eigenvalue weighted by Gasteiger charge is -2.11. The van der Waals surface area contributed by atoms with Gasteiger partial charge in [-0.05, 0) is 43.5 Å². The number of aliphatic hydroxyl groups is 1. The number of aryl methyl sites for hydroxylation is 1. The number of carbonyl (C=O) groups is 1. The van der Waals surface area contributed by atoms with Crippen LogP contribution in [0.2, 0.25) is 0 Å². The van der Waals surface area contributed by atoms with E-state index in [0.717, 1.165) is 27.8 Å². The molecule has 3 aromatic rings. The van der Waals surface area contributed by atoms with Crippen LogP contribution < -0.4 is 20.1 Å². The van der Waals surface area contributed by atoms with Gasteiger partial charge in [0.15, 0.2) is 11.5 Å². The van der Waals surface area contributed by atoms with E-state index >= 15 is 0 Å². The second-order valence-corrected chi connectivity index (χ2v) is 7.88. The molecule has 30 heavy (non-hydrogen) atoms. The minimum atomic E-state index is -0.313. The monoisotopic (exact) mass is 430 g/mol. The molecule has 8 nitrogen and oxygen atoms in total. The van der Waals surface area contributed by atoms with Crippen LogP contribution in [0.15, 0.2) is 24.5 Å². The summed E-state index contributed by atoms with van der Waals surface area (Å²) in [5.74, 6) is 1.87. The predicted molar refractivity (Wildman–Crippen MR) is 118 cm³/mol. The molecular formula is C21H26N4O4S. The molecule has 3 rings (SSSR count). The Morgan fingerprint density at radius 3 is 2.70 bits per heavy atom. The molecule has 1 aromatic carbocycles. The molecule has 0 radical (unpaired) electrons. The van der Waals surface area contributed by atoms with Crippen molar-refractivity contribution in [3.8, 4) is 11.5 Å². The van der Waals surface area contributed by atoms with Crippen LogP contribution in [0.25, 0.3) is 10.2 Å². The fourth-order valence-electron chi connectivity index (χ4n) is 3.12. The molecule has 0 fully saturated rings. The van der Waals surface area contributed by atoms with Crippen molar-refractivity contribution in [3.05, 3.63) is 40.5 Å². The van der Waals surface area contributed by atoms with E-state index in [1.165, 1.54) is 17.7 Å². The van der Waals surface area contributed by atoms with Crippen molar-refractivity contribution in [2.45, 2.75) is 26.3 Å². The highest BCUT2D eigenvalue weighted by atomic mass is 32.1. The largest absolute Gasteiger partial charge is 0.493 e. The molecule has 0 aliphatic rings. The molecule has 0 saturated carbocycles. The summed E-state index contributed by atoms with van der Waals surface area (Å²) >= 11 is 1.32. The average Bonchev–Trinajstić information content (AvgIpc) is 3.11. The van der Waals surface area contributed by atoms with Crippen molar-refractivity contribution in [3.63, 3.8) is 0 Å². The van der Waals surface area contributed by atoms with Crippen LogP contribution in [0.3, 0.4) is 0 Å². The van der Waals surface area contributed by atoms with Gasteiger partial charge in [-0.2, -0.15) is 0 Å². The average molecular weight is 431 g/mol. The smallest absolute Gasteiger partial charge is 0.262 e. The Hall–Kier alpha value is -2.91. The number of nitrogens with zero attached hydrogens (tertiary/aromatic N) is 2. The van der Waals surface area contributed by atoms with Crippen LogP contribution in [0.4, 0.5) is 5.82 Å². The minimum absolute atomic E-state index is 0.113. The molecule has 2 heterocycles. The van der Waals surface area contributed by atoms with E-state index in [-0.39, 0.29) is 18.6 Å². The molecule has 0 saturated heterocycles. The first kappa shape index (κ1) is 21.8. The zero-order chi connectivity index (χ0) is 21.7. The Kier molecular flexibility index (Phi) is 7.07. The van der Waals surface area contributed by atoms with Gasteiger partial charge in [0.25, 0.3) is 5.91 Å². The number of aliphatic hydroxyl groups excluding tert-OH is 1. The number of ether oxygens (including phenoxy) is 2. The third kappa shape index (κ3) is 4.63. The number of anilines is 1. The molecule has 1 atom stereocenters. The Balaban J connectivity index is 1.76. The fourth-order valence-corrected chi connectivity index (χ4v) is 4.17. The summed E-state index contributed by atoms with van der Waals surface area (Å²) in [5.41, 5.74) is 1.93. The molecule has 0 bridgehead atoms. The fraction of sp³-hybridized carbons (Fsp3) is 0.381. The van der Waals surface area contributed by atoms with E-state index in [2.05, 4.69) is 20.6 Å². The number of nitrogens with one attached hydrogen (secondary N) is 2. The predicted octanol–water partition coefficient (Wildman–Crippen LogP) is 2.78. The Bertz CT molecular complexity index is 1040. The molecule has 9 heteroatoms. The number of amides is 1. The van der Waals surface area contributed by atoms with E-state index in [4.69, 9.17) is 9.47 Å². The van der Waals surface area contributed by atoms with Crippen molar-refractivity contribution in [1.82, 2.24) is 15.3 Å². The molecular weight excluding hydrogens is 404 g/mol. The van der Waals surface area contributed by atoms with Crippen LogP contribution in [0.5, 0.6) is 11.5 Å². The van der Waals surface area contributed by atoms with E-state index in [0.29, 0.717) is 28.7 Å². The number of thiophene rings is 1. The molecule has 0 aliphatic carbocycles. The van der Waals surface area contributed by atoms with Crippen LogP contribution in [0, 0.1) is 6.92 Å². The minimum Gasteiger partial charge on any atom is -0.493 e. The number of rotatable bonds is 9. The van der Waals surface area contributed by atoms with Gasteiger partial charge >= 0.3 is 0 Å². The number of benzene rings is 1. The van der Waals surface area contributed by atoms with Crippen molar-refractivity contribution in [1.29, 1.82) is 0 Å². The van der Waals surface area contributed by atoms with Crippen molar-refractivity contribution in [2.75, 3.05) is 32.7 Å². The van der Waals surface area contributed by atoms with Gasteiger partial charge in [-0.25, -0.2) is 9.97 Å². The lowest BCUT2D eigenvalue weighted by atomic mass is 10.1. The summed E-state index contributed by atoms with van der Waals surface area (Å²) in [4.78, 5) is 22.5. The maximum atomic E-state index is 12.5. The Morgan fingerprint density at radius 1 is 1.23 bits per heavy atom. The first-order valence-corrected chi connectivity index (χ1v) is 10.4. The van der Waals surface area contributed by atoms with Crippen LogP contribution in [0.1, 0.15) is 27.7 Å². The zero-order valence-electron chi connectivity index (χ0n) is 17.5. The summed E-state index contributed by atoms with van der Waals surface area (Å²) in [7, 11) is 3.23. The summed E-state index contributed by atoms with van der Waals surface area (Å²) < 4.78 is 10.6. The quantitative estimate of drug-likeness (QED) is 0.479. The molecule has 1 unspecified atom stereocenters. The zero-order valence-corrected chi connectivity index (χ0v) is 18.3. The van der Waals surface area contributed by atoms with Gasteiger partial charge in [-0.3, -0.25) is 4.79 Å². The molecule has 0 spiro atoms. The maximum absolute atomic E-state index is 12.5. The van der Waals surface area contributed by atoms with Gasteiger partial charge in [0, 0.05) is 12.6 Å². The number of fused-ring (bicyclic) bond motifs is 1. The number of aromatic nitrogens is 2. The summed E-state index contributed by atoms with van der Waals surface area (Å²) in [6.45, 7) is 4.18. The summed E-state index contributed by atoms with van der Waals surface area (Å²) in [5, 5.41) is 16.2. The molecule has 3 N–H and O–H groups in total. The Labute approximate surface area is 179 Å². The van der Waals surface area contributed by atoms with Gasteiger partial charge in [-0.15, -0.1) is 11.3 Å². The highest BCUT2D eigenvalue weighted by molar-refractivity contribution is 7.20. The van der Waals surface area contributed by atoms with Crippen LogP contribution in [-0.4, -0.2) is 54.4 Å². The molecule has 2 aromatic heterocycles. The van der Waals surface area contributed by atoms with E-state index in [1.54, 1.807) is 21.1 Å². The Morgan fingerprint density at radius 2 is 2.00 bits per heavy atom. The van der Waals surface area contributed by atoms with Gasteiger partial charge in [-0.1, -0.05) is 6.07 Å².